The number of carbonyl (C=O) groups is 1. The maximum atomic E-state index is 13.0. The summed E-state index contributed by atoms with van der Waals surface area (Å²) < 4.78 is 59.3. The Kier molecular flexibility index (Phi) is 6.52. The summed E-state index contributed by atoms with van der Waals surface area (Å²) in [5, 5.41) is 2.69. The molecule has 2 aromatic rings. The summed E-state index contributed by atoms with van der Waals surface area (Å²) in [5.74, 6) is -0.167. The summed E-state index contributed by atoms with van der Waals surface area (Å²) in [7, 11) is -7.34. The number of aryl methyl sites for hydroxylation is 1. The Bertz CT molecular complexity index is 1320. The molecule has 0 aliphatic carbocycles. The number of hydrogen-bond donors (Lipinski definition) is 2. The summed E-state index contributed by atoms with van der Waals surface area (Å²) in [6.45, 7) is 3.02. The molecule has 1 fully saturated rings. The zero-order valence-corrected chi connectivity index (χ0v) is 19.6. The normalized spacial score (nSPS) is 19.1. The lowest BCUT2D eigenvalue weighted by atomic mass is 10.2. The monoisotopic (exact) mass is 492 g/mol. The van der Waals surface area contributed by atoms with E-state index in [1.54, 1.807) is 37.3 Å². The summed E-state index contributed by atoms with van der Waals surface area (Å²) in [6, 6.07) is 11.2. The molecule has 0 unspecified atom stereocenters. The second-order valence-corrected chi connectivity index (χ2v) is 11.2. The molecule has 2 aliphatic rings. The van der Waals surface area contributed by atoms with Crippen molar-refractivity contribution in [2.24, 2.45) is 4.99 Å². The zero-order chi connectivity index (χ0) is 23.6. The van der Waals surface area contributed by atoms with Crippen molar-refractivity contribution in [2.45, 2.75) is 23.1 Å². The first-order valence-corrected chi connectivity index (χ1v) is 13.3. The first kappa shape index (κ1) is 23.4. The highest BCUT2D eigenvalue weighted by Gasteiger charge is 2.30. The van der Waals surface area contributed by atoms with Crippen molar-refractivity contribution in [3.8, 4) is 0 Å². The van der Waals surface area contributed by atoms with Gasteiger partial charge in [0.25, 0.3) is 10.0 Å². The van der Waals surface area contributed by atoms with Crippen LogP contribution >= 0.6 is 0 Å². The van der Waals surface area contributed by atoms with E-state index in [0.717, 1.165) is 0 Å². The standard InChI is InChI=1S/C21H24N4O6S2/c1-15-6-7-16(14-19(15)33(29,30)25-10-12-31-13-11-25)23-20(26)8-9-22-21-17-4-2-3-5-18(17)32(27,28)24-21/h2-7,14H,8-13H2,1H3,(H,22,24)(H,23,26). The topological polar surface area (TPSA) is 134 Å². The van der Waals surface area contributed by atoms with Gasteiger partial charge in [0, 0.05) is 30.8 Å². The summed E-state index contributed by atoms with van der Waals surface area (Å²) in [4.78, 5) is 16.9. The highest BCUT2D eigenvalue weighted by atomic mass is 32.2. The van der Waals surface area contributed by atoms with Crippen LogP contribution in [-0.2, 0) is 29.6 Å². The number of anilines is 1. The molecule has 2 N–H and O–H groups in total. The van der Waals surface area contributed by atoms with Crippen molar-refractivity contribution < 1.29 is 26.4 Å². The number of benzene rings is 2. The Hall–Kier alpha value is -2.80. The number of ether oxygens (including phenoxy) is 1. The highest BCUT2D eigenvalue weighted by Crippen LogP contribution is 2.25. The number of rotatable bonds is 6. The van der Waals surface area contributed by atoms with Crippen LogP contribution in [-0.4, -0.2) is 65.7 Å². The molecule has 4 rings (SSSR count). The number of amides is 1. The lowest BCUT2D eigenvalue weighted by Gasteiger charge is -2.26. The van der Waals surface area contributed by atoms with Crippen LogP contribution < -0.4 is 10.0 Å². The van der Waals surface area contributed by atoms with Crippen LogP contribution in [0.3, 0.4) is 0 Å². The number of nitrogens with one attached hydrogen (secondary N) is 2. The smallest absolute Gasteiger partial charge is 0.263 e. The molecule has 0 atom stereocenters. The molecule has 1 amide bonds. The SMILES string of the molecule is Cc1ccc(NC(=O)CCN=C2NS(=O)(=O)c3ccccc32)cc1S(=O)(=O)N1CCOCC1. The third-order valence-corrected chi connectivity index (χ3v) is 8.77. The summed E-state index contributed by atoms with van der Waals surface area (Å²) in [5.41, 5.74) is 1.41. The molecule has 33 heavy (non-hydrogen) atoms. The lowest BCUT2D eigenvalue weighted by Crippen LogP contribution is -2.40. The number of aliphatic imine (C=N–C) groups is 1. The summed E-state index contributed by atoms with van der Waals surface area (Å²) >= 11 is 0. The number of morpholine rings is 1. The molecule has 0 radical (unpaired) electrons. The van der Waals surface area contributed by atoms with Crippen LogP contribution in [0.2, 0.25) is 0 Å². The Balaban J connectivity index is 1.43. The number of fused-ring (bicyclic) bond motifs is 1. The first-order valence-electron chi connectivity index (χ1n) is 10.3. The van der Waals surface area contributed by atoms with Gasteiger partial charge in [0.1, 0.15) is 5.84 Å². The Morgan fingerprint density at radius 3 is 2.67 bits per heavy atom. The minimum atomic E-state index is -3.70. The number of hydrogen-bond acceptors (Lipinski definition) is 7. The average molecular weight is 493 g/mol. The van der Waals surface area contributed by atoms with E-state index >= 15 is 0 Å². The van der Waals surface area contributed by atoms with E-state index in [4.69, 9.17) is 4.74 Å². The predicted molar refractivity (Wildman–Crippen MR) is 122 cm³/mol. The number of amidine groups is 1. The van der Waals surface area contributed by atoms with E-state index in [0.29, 0.717) is 30.0 Å². The lowest BCUT2D eigenvalue weighted by molar-refractivity contribution is -0.116. The van der Waals surface area contributed by atoms with Gasteiger partial charge in [-0.3, -0.25) is 14.5 Å². The molecule has 0 bridgehead atoms. The predicted octanol–water partition coefficient (Wildman–Crippen LogP) is 1.08. The van der Waals surface area contributed by atoms with Gasteiger partial charge >= 0.3 is 0 Å². The Morgan fingerprint density at radius 2 is 1.91 bits per heavy atom. The summed E-state index contributed by atoms with van der Waals surface area (Å²) in [6.07, 6.45) is -0.00712. The minimum Gasteiger partial charge on any atom is -0.379 e. The van der Waals surface area contributed by atoms with Crippen molar-refractivity contribution in [3.63, 3.8) is 0 Å². The fourth-order valence-corrected chi connectivity index (χ4v) is 6.54. The number of nitrogens with zero attached hydrogens (tertiary/aromatic N) is 2. The van der Waals surface area contributed by atoms with Crippen molar-refractivity contribution in [1.82, 2.24) is 9.03 Å². The maximum Gasteiger partial charge on any atom is 0.263 e. The Morgan fingerprint density at radius 1 is 1.18 bits per heavy atom. The van der Waals surface area contributed by atoms with Gasteiger partial charge in [-0.1, -0.05) is 18.2 Å². The molecule has 1 saturated heterocycles. The number of sulfonamides is 2. The molecule has 0 saturated carbocycles. The van der Waals surface area contributed by atoms with E-state index in [1.165, 1.54) is 16.4 Å². The zero-order valence-electron chi connectivity index (χ0n) is 17.9. The van der Waals surface area contributed by atoms with Crippen molar-refractivity contribution >= 4 is 37.5 Å². The second kappa shape index (κ2) is 9.21. The van der Waals surface area contributed by atoms with Crippen molar-refractivity contribution in [2.75, 3.05) is 38.2 Å². The fourth-order valence-electron chi connectivity index (χ4n) is 3.63. The van der Waals surface area contributed by atoms with Gasteiger partial charge < -0.3 is 10.1 Å². The van der Waals surface area contributed by atoms with Gasteiger partial charge in [-0.05, 0) is 36.8 Å². The van der Waals surface area contributed by atoms with Gasteiger partial charge in [0.05, 0.1) is 29.5 Å². The molecule has 10 nitrogen and oxygen atoms in total. The van der Waals surface area contributed by atoms with Crippen LogP contribution in [0.5, 0.6) is 0 Å². The van der Waals surface area contributed by atoms with E-state index < -0.39 is 20.0 Å². The van der Waals surface area contributed by atoms with E-state index in [9.17, 15) is 21.6 Å². The van der Waals surface area contributed by atoms with Gasteiger partial charge in [0.15, 0.2) is 0 Å². The van der Waals surface area contributed by atoms with E-state index in [-0.39, 0.29) is 47.6 Å². The van der Waals surface area contributed by atoms with Crippen LogP contribution in [0, 0.1) is 6.92 Å². The quantitative estimate of drug-likeness (QED) is 0.620. The minimum absolute atomic E-state index is 0.00712. The molecule has 176 valence electrons. The molecular formula is C21H24N4O6S2. The van der Waals surface area contributed by atoms with Gasteiger partial charge in [-0.15, -0.1) is 0 Å². The van der Waals surface area contributed by atoms with Crippen molar-refractivity contribution in [1.29, 1.82) is 0 Å². The Labute approximate surface area is 192 Å². The maximum absolute atomic E-state index is 13.0. The third-order valence-electron chi connectivity index (χ3n) is 5.33. The highest BCUT2D eigenvalue weighted by molar-refractivity contribution is 7.90. The van der Waals surface area contributed by atoms with Crippen LogP contribution in [0.25, 0.3) is 0 Å². The third kappa shape index (κ3) is 4.93. The molecule has 0 aromatic heterocycles. The van der Waals surface area contributed by atoms with E-state index in [1.807, 2.05) is 0 Å². The molecule has 12 heteroatoms. The number of carbonyl (C=O) groups excluding carboxylic acids is 1. The molecule has 2 aromatic carbocycles. The molecule has 2 aliphatic heterocycles. The average Bonchev–Trinajstić information content (AvgIpc) is 3.06. The fraction of sp³-hybridized carbons (Fsp3) is 0.333. The van der Waals surface area contributed by atoms with E-state index in [2.05, 4.69) is 15.0 Å². The van der Waals surface area contributed by atoms with Gasteiger partial charge in [-0.2, -0.15) is 4.31 Å². The van der Waals surface area contributed by atoms with Gasteiger partial charge in [-0.25, -0.2) is 16.8 Å². The molecule has 2 heterocycles. The van der Waals surface area contributed by atoms with Crippen LogP contribution in [0.4, 0.5) is 5.69 Å². The molecular weight excluding hydrogens is 468 g/mol. The molecule has 0 spiro atoms. The first-order chi connectivity index (χ1) is 15.7. The van der Waals surface area contributed by atoms with Crippen LogP contribution in [0.1, 0.15) is 17.5 Å². The largest absolute Gasteiger partial charge is 0.379 e. The van der Waals surface area contributed by atoms with Crippen molar-refractivity contribution in [3.05, 3.63) is 53.6 Å². The second-order valence-electron chi connectivity index (χ2n) is 7.63. The van der Waals surface area contributed by atoms with Crippen LogP contribution in [0.15, 0.2) is 57.2 Å². The van der Waals surface area contributed by atoms with Gasteiger partial charge in [0.2, 0.25) is 15.9 Å².